The standard InChI is InChI=1S/C23H34FN3O4/c24-18-6-4-17(5-7-18)23(30)26-20-9-8-19(31-21(20)16-28)10-12-25-22(29)11-15-27-13-2-1-3-14-27/h4-7,19-21,28H,1-3,8-16H2,(H,25,29)(H,26,30)/t19-,20-,21+/m0/s1. The minimum atomic E-state index is -0.502. The average molecular weight is 436 g/mol. The topological polar surface area (TPSA) is 90.9 Å². The third kappa shape index (κ3) is 7.55. The molecule has 2 aliphatic rings. The predicted molar refractivity (Wildman–Crippen MR) is 115 cm³/mol. The minimum Gasteiger partial charge on any atom is -0.394 e. The molecule has 2 heterocycles. The van der Waals surface area contributed by atoms with Crippen molar-refractivity contribution in [2.45, 2.75) is 63.2 Å². The summed E-state index contributed by atoms with van der Waals surface area (Å²) in [5.41, 5.74) is 0.368. The van der Waals surface area contributed by atoms with Gasteiger partial charge in [0.15, 0.2) is 0 Å². The third-order valence-electron chi connectivity index (χ3n) is 6.11. The largest absolute Gasteiger partial charge is 0.394 e. The molecule has 2 fully saturated rings. The Hall–Kier alpha value is -2.03. The first-order valence-electron chi connectivity index (χ1n) is 11.4. The van der Waals surface area contributed by atoms with Crippen molar-refractivity contribution in [1.29, 1.82) is 0 Å². The molecular weight excluding hydrogens is 401 g/mol. The maximum absolute atomic E-state index is 13.0. The molecule has 0 unspecified atom stereocenters. The summed E-state index contributed by atoms with van der Waals surface area (Å²) < 4.78 is 19.0. The summed E-state index contributed by atoms with van der Waals surface area (Å²) in [6.45, 7) is 3.32. The van der Waals surface area contributed by atoms with Gasteiger partial charge in [0.25, 0.3) is 5.91 Å². The van der Waals surface area contributed by atoms with Gasteiger partial charge in [-0.3, -0.25) is 9.59 Å². The van der Waals surface area contributed by atoms with Crippen molar-refractivity contribution in [3.8, 4) is 0 Å². The molecule has 7 nitrogen and oxygen atoms in total. The van der Waals surface area contributed by atoms with Crippen LogP contribution in [0, 0.1) is 5.82 Å². The number of halogens is 1. The summed E-state index contributed by atoms with van der Waals surface area (Å²) in [5.74, 6) is -0.650. The summed E-state index contributed by atoms with van der Waals surface area (Å²) in [4.78, 5) is 26.8. The van der Waals surface area contributed by atoms with Gasteiger partial charge in [-0.25, -0.2) is 4.39 Å². The highest BCUT2D eigenvalue weighted by Gasteiger charge is 2.32. The Kier molecular flexibility index (Phi) is 9.24. The number of carbonyl (C=O) groups is 2. The van der Waals surface area contributed by atoms with Crippen molar-refractivity contribution < 1.29 is 23.8 Å². The van der Waals surface area contributed by atoms with Crippen LogP contribution in [0.3, 0.4) is 0 Å². The lowest BCUT2D eigenvalue weighted by Gasteiger charge is -2.36. The number of rotatable bonds is 9. The van der Waals surface area contributed by atoms with E-state index in [4.69, 9.17) is 4.74 Å². The van der Waals surface area contributed by atoms with Gasteiger partial charge in [-0.05, 0) is 69.5 Å². The smallest absolute Gasteiger partial charge is 0.251 e. The third-order valence-corrected chi connectivity index (χ3v) is 6.11. The first kappa shape index (κ1) is 23.6. The Morgan fingerprint density at radius 2 is 1.87 bits per heavy atom. The molecule has 0 aliphatic carbocycles. The van der Waals surface area contributed by atoms with E-state index >= 15 is 0 Å². The number of amides is 2. The fourth-order valence-corrected chi connectivity index (χ4v) is 4.27. The van der Waals surface area contributed by atoms with Crippen molar-refractivity contribution in [2.24, 2.45) is 0 Å². The summed E-state index contributed by atoms with van der Waals surface area (Å²) >= 11 is 0. The van der Waals surface area contributed by atoms with Gasteiger partial charge < -0.3 is 25.4 Å². The van der Waals surface area contributed by atoms with Crippen LogP contribution < -0.4 is 10.6 Å². The number of hydrogen-bond donors (Lipinski definition) is 3. The molecule has 2 amide bonds. The van der Waals surface area contributed by atoms with Crippen molar-refractivity contribution in [3.05, 3.63) is 35.6 Å². The number of aliphatic hydroxyl groups excluding tert-OH is 1. The van der Waals surface area contributed by atoms with Gasteiger partial charge in [0.1, 0.15) is 11.9 Å². The van der Waals surface area contributed by atoms with E-state index in [9.17, 15) is 19.1 Å². The van der Waals surface area contributed by atoms with Crippen molar-refractivity contribution >= 4 is 11.8 Å². The normalized spacial score (nSPS) is 24.5. The summed E-state index contributed by atoms with van der Waals surface area (Å²) in [7, 11) is 0. The van der Waals surface area contributed by atoms with Gasteiger partial charge in [0.2, 0.25) is 5.91 Å². The van der Waals surface area contributed by atoms with E-state index in [-0.39, 0.29) is 30.6 Å². The molecule has 8 heteroatoms. The zero-order chi connectivity index (χ0) is 22.1. The van der Waals surface area contributed by atoms with Gasteiger partial charge in [0, 0.05) is 25.1 Å². The van der Waals surface area contributed by atoms with Crippen LogP contribution in [0.15, 0.2) is 24.3 Å². The zero-order valence-corrected chi connectivity index (χ0v) is 18.0. The first-order valence-corrected chi connectivity index (χ1v) is 11.4. The SMILES string of the molecule is O=C(CCN1CCCCC1)NCC[C@@H]1CC[C@H](NC(=O)c2ccc(F)cc2)[C@@H](CO)O1. The van der Waals surface area contributed by atoms with Gasteiger partial charge >= 0.3 is 0 Å². The Bertz CT molecular complexity index is 709. The fourth-order valence-electron chi connectivity index (χ4n) is 4.27. The molecule has 1 aromatic rings. The zero-order valence-electron chi connectivity index (χ0n) is 18.0. The lowest BCUT2D eigenvalue weighted by molar-refractivity contribution is -0.122. The number of ether oxygens (including phenoxy) is 1. The second-order valence-corrected chi connectivity index (χ2v) is 8.43. The summed E-state index contributed by atoms with van der Waals surface area (Å²) in [6, 6.07) is 5.04. The van der Waals surface area contributed by atoms with E-state index in [2.05, 4.69) is 15.5 Å². The molecule has 0 spiro atoms. The number of nitrogens with one attached hydrogen (secondary N) is 2. The number of benzene rings is 1. The average Bonchev–Trinajstić information content (AvgIpc) is 2.79. The monoisotopic (exact) mass is 435 g/mol. The van der Waals surface area contributed by atoms with Crippen molar-refractivity contribution in [3.63, 3.8) is 0 Å². The van der Waals surface area contributed by atoms with Crippen molar-refractivity contribution in [2.75, 3.05) is 32.8 Å². The lowest BCUT2D eigenvalue weighted by atomic mass is 9.96. The molecule has 172 valence electrons. The van der Waals surface area contributed by atoms with Crippen LogP contribution >= 0.6 is 0 Å². The molecule has 1 aromatic carbocycles. The van der Waals surface area contributed by atoms with Crippen LogP contribution in [0.4, 0.5) is 4.39 Å². The predicted octanol–water partition coefficient (Wildman–Crippen LogP) is 1.85. The van der Waals surface area contributed by atoms with E-state index < -0.39 is 11.9 Å². The Morgan fingerprint density at radius 1 is 1.13 bits per heavy atom. The second-order valence-electron chi connectivity index (χ2n) is 8.43. The molecule has 3 atom stereocenters. The molecule has 3 rings (SSSR count). The van der Waals surface area contributed by atoms with Crippen LogP contribution in [0.25, 0.3) is 0 Å². The molecule has 0 radical (unpaired) electrons. The lowest BCUT2D eigenvalue weighted by Crippen LogP contribution is -2.51. The van der Waals surface area contributed by atoms with Gasteiger partial charge in [-0.1, -0.05) is 6.42 Å². The second kappa shape index (κ2) is 12.1. The number of piperidine rings is 1. The fraction of sp³-hybridized carbons (Fsp3) is 0.652. The maximum Gasteiger partial charge on any atom is 0.251 e. The molecule has 0 bridgehead atoms. The Labute approximate surface area is 183 Å². The minimum absolute atomic E-state index is 0.0597. The van der Waals surface area contributed by atoms with E-state index in [1.807, 2.05) is 0 Å². The van der Waals surface area contributed by atoms with Crippen LogP contribution in [0.2, 0.25) is 0 Å². The molecule has 0 saturated carbocycles. The molecule has 2 saturated heterocycles. The van der Waals surface area contributed by atoms with E-state index in [0.29, 0.717) is 31.4 Å². The summed E-state index contributed by atoms with van der Waals surface area (Å²) in [5, 5.41) is 15.5. The maximum atomic E-state index is 13.0. The molecule has 3 N–H and O–H groups in total. The highest BCUT2D eigenvalue weighted by Crippen LogP contribution is 2.22. The number of hydrogen-bond acceptors (Lipinski definition) is 5. The number of carbonyl (C=O) groups excluding carboxylic acids is 2. The van der Waals surface area contributed by atoms with Crippen LogP contribution in [0.1, 0.15) is 55.3 Å². The van der Waals surface area contributed by atoms with E-state index in [1.54, 1.807) is 0 Å². The van der Waals surface area contributed by atoms with Crippen molar-refractivity contribution in [1.82, 2.24) is 15.5 Å². The highest BCUT2D eigenvalue weighted by molar-refractivity contribution is 5.94. The van der Waals surface area contributed by atoms with Crippen LogP contribution in [-0.4, -0.2) is 72.9 Å². The van der Waals surface area contributed by atoms with E-state index in [1.165, 1.54) is 43.5 Å². The number of likely N-dealkylation sites (tertiary alicyclic amines) is 1. The van der Waals surface area contributed by atoms with Crippen LogP contribution in [0.5, 0.6) is 0 Å². The molecule has 31 heavy (non-hydrogen) atoms. The summed E-state index contributed by atoms with van der Waals surface area (Å²) in [6.07, 6.45) is 5.75. The number of aliphatic hydroxyl groups is 1. The first-order chi connectivity index (χ1) is 15.0. The highest BCUT2D eigenvalue weighted by atomic mass is 19.1. The van der Waals surface area contributed by atoms with E-state index in [0.717, 1.165) is 26.1 Å². The van der Waals surface area contributed by atoms with Crippen LogP contribution in [-0.2, 0) is 9.53 Å². The Morgan fingerprint density at radius 3 is 2.58 bits per heavy atom. The van der Waals surface area contributed by atoms with Gasteiger partial charge in [-0.2, -0.15) is 0 Å². The van der Waals surface area contributed by atoms with Gasteiger partial charge in [-0.15, -0.1) is 0 Å². The molecule has 2 aliphatic heterocycles. The van der Waals surface area contributed by atoms with Gasteiger partial charge in [0.05, 0.1) is 18.8 Å². The quantitative estimate of drug-likeness (QED) is 0.551. The molecule has 0 aromatic heterocycles. The number of nitrogens with zero attached hydrogens (tertiary/aromatic N) is 1. The molecular formula is C23H34FN3O4. The Balaban J connectivity index is 1.35.